The first-order valence-electron chi connectivity index (χ1n) is 3.96. The first-order chi connectivity index (χ1) is 7.00. The van der Waals surface area contributed by atoms with Crippen LogP contribution in [-0.4, -0.2) is 9.97 Å². The van der Waals surface area contributed by atoms with E-state index in [1.807, 2.05) is 0 Å². The Morgan fingerprint density at radius 3 is 2.53 bits per heavy atom. The van der Waals surface area contributed by atoms with Crippen molar-refractivity contribution < 1.29 is 13.2 Å². The number of aromatic nitrogens is 2. The lowest BCUT2D eigenvalue weighted by atomic mass is 10.1. The summed E-state index contributed by atoms with van der Waals surface area (Å²) in [5.74, 6) is 0. The molecular weight excluding hydrogens is 229 g/mol. The SMILES string of the molecule is FC(F)(F)c1cccc2ncnc(Cl)c12. The molecule has 0 unspecified atom stereocenters. The summed E-state index contributed by atoms with van der Waals surface area (Å²) >= 11 is 5.62. The topological polar surface area (TPSA) is 25.8 Å². The van der Waals surface area contributed by atoms with Crippen LogP contribution in [0.1, 0.15) is 5.56 Å². The molecule has 15 heavy (non-hydrogen) atoms. The number of fused-ring (bicyclic) bond motifs is 1. The summed E-state index contributed by atoms with van der Waals surface area (Å²) in [5, 5.41) is -0.345. The summed E-state index contributed by atoms with van der Waals surface area (Å²) in [7, 11) is 0. The Bertz CT molecular complexity index is 505. The minimum atomic E-state index is -4.45. The average molecular weight is 233 g/mol. The van der Waals surface area contributed by atoms with E-state index in [4.69, 9.17) is 11.6 Å². The Hall–Kier alpha value is -1.36. The van der Waals surface area contributed by atoms with E-state index in [1.165, 1.54) is 12.1 Å². The molecule has 0 aliphatic heterocycles. The highest BCUT2D eigenvalue weighted by Crippen LogP contribution is 2.36. The molecule has 0 saturated heterocycles. The van der Waals surface area contributed by atoms with Crippen LogP contribution in [0, 0.1) is 0 Å². The molecule has 2 rings (SSSR count). The minimum absolute atomic E-state index is 0.158. The number of rotatable bonds is 0. The van der Waals surface area contributed by atoms with Crippen LogP contribution >= 0.6 is 11.6 Å². The van der Waals surface area contributed by atoms with Crippen molar-refractivity contribution in [1.29, 1.82) is 0 Å². The molecule has 1 aromatic heterocycles. The van der Waals surface area contributed by atoms with Gasteiger partial charge in [0.15, 0.2) is 0 Å². The minimum Gasteiger partial charge on any atom is -0.236 e. The molecule has 0 amide bonds. The normalized spacial score (nSPS) is 12.0. The van der Waals surface area contributed by atoms with Crippen LogP contribution < -0.4 is 0 Å². The van der Waals surface area contributed by atoms with Crippen molar-refractivity contribution in [2.24, 2.45) is 0 Å². The lowest BCUT2D eigenvalue weighted by Crippen LogP contribution is -2.06. The van der Waals surface area contributed by atoms with Crippen LogP contribution in [0.15, 0.2) is 24.5 Å². The van der Waals surface area contributed by atoms with Crippen LogP contribution in [0.5, 0.6) is 0 Å². The highest BCUT2D eigenvalue weighted by Gasteiger charge is 2.33. The number of hydrogen-bond donors (Lipinski definition) is 0. The fraction of sp³-hybridized carbons (Fsp3) is 0.111. The van der Waals surface area contributed by atoms with Crippen LogP contribution in [0.3, 0.4) is 0 Å². The molecule has 1 heterocycles. The van der Waals surface area contributed by atoms with Gasteiger partial charge in [-0.3, -0.25) is 0 Å². The molecule has 0 radical (unpaired) electrons. The fourth-order valence-electron chi connectivity index (χ4n) is 1.31. The third kappa shape index (κ3) is 1.74. The van der Waals surface area contributed by atoms with Gasteiger partial charge in [-0.1, -0.05) is 17.7 Å². The molecular formula is C9H4ClF3N2. The van der Waals surface area contributed by atoms with Gasteiger partial charge in [0.1, 0.15) is 11.5 Å². The van der Waals surface area contributed by atoms with E-state index in [9.17, 15) is 13.2 Å². The average Bonchev–Trinajstić information content (AvgIpc) is 2.16. The molecule has 1 aromatic carbocycles. The third-order valence-electron chi connectivity index (χ3n) is 1.92. The maximum atomic E-state index is 12.6. The van der Waals surface area contributed by atoms with E-state index in [-0.39, 0.29) is 16.1 Å². The standard InChI is InChI=1S/C9H4ClF3N2/c10-8-7-5(9(11,12)13)2-1-3-6(7)14-4-15-8/h1-4H. The Kier molecular flexibility index (Phi) is 2.26. The van der Waals surface area contributed by atoms with Crippen LogP contribution in [0.2, 0.25) is 5.15 Å². The number of hydrogen-bond acceptors (Lipinski definition) is 2. The van der Waals surface area contributed by atoms with E-state index < -0.39 is 11.7 Å². The molecule has 0 saturated carbocycles. The third-order valence-corrected chi connectivity index (χ3v) is 2.21. The maximum Gasteiger partial charge on any atom is 0.417 e. The number of alkyl halides is 3. The zero-order valence-electron chi connectivity index (χ0n) is 7.22. The zero-order chi connectivity index (χ0) is 11.1. The number of halogens is 4. The Morgan fingerprint density at radius 1 is 1.13 bits per heavy atom. The molecule has 2 aromatic rings. The lowest BCUT2D eigenvalue weighted by Gasteiger charge is -2.09. The highest BCUT2D eigenvalue weighted by atomic mass is 35.5. The first-order valence-corrected chi connectivity index (χ1v) is 4.34. The molecule has 0 spiro atoms. The molecule has 0 aliphatic carbocycles. The Labute approximate surface area is 87.7 Å². The van der Waals surface area contributed by atoms with Gasteiger partial charge in [0, 0.05) is 5.39 Å². The zero-order valence-corrected chi connectivity index (χ0v) is 7.97. The molecule has 0 bridgehead atoms. The largest absolute Gasteiger partial charge is 0.417 e. The van der Waals surface area contributed by atoms with Gasteiger partial charge in [-0.15, -0.1) is 0 Å². The van der Waals surface area contributed by atoms with Crippen molar-refractivity contribution in [2.45, 2.75) is 6.18 Å². The monoisotopic (exact) mass is 232 g/mol. The molecule has 2 nitrogen and oxygen atoms in total. The van der Waals surface area contributed by atoms with E-state index in [0.29, 0.717) is 0 Å². The van der Waals surface area contributed by atoms with E-state index in [2.05, 4.69) is 9.97 Å². The second-order valence-corrected chi connectivity index (χ2v) is 3.22. The van der Waals surface area contributed by atoms with Gasteiger partial charge in [-0.25, -0.2) is 9.97 Å². The van der Waals surface area contributed by atoms with Crippen LogP contribution in [-0.2, 0) is 6.18 Å². The van der Waals surface area contributed by atoms with Gasteiger partial charge >= 0.3 is 6.18 Å². The van der Waals surface area contributed by atoms with Gasteiger partial charge in [0.05, 0.1) is 11.1 Å². The summed E-state index contributed by atoms with van der Waals surface area (Å²) in [6.45, 7) is 0. The quantitative estimate of drug-likeness (QED) is 0.652. The number of nitrogens with zero attached hydrogens (tertiary/aromatic N) is 2. The van der Waals surface area contributed by atoms with E-state index in [0.717, 1.165) is 12.4 Å². The lowest BCUT2D eigenvalue weighted by molar-refractivity contribution is -0.136. The van der Waals surface area contributed by atoms with Gasteiger partial charge in [0.25, 0.3) is 0 Å². The number of benzene rings is 1. The van der Waals surface area contributed by atoms with Crippen LogP contribution in [0.4, 0.5) is 13.2 Å². The predicted molar refractivity (Wildman–Crippen MR) is 49.6 cm³/mol. The van der Waals surface area contributed by atoms with Gasteiger partial charge in [-0.2, -0.15) is 13.2 Å². The Morgan fingerprint density at radius 2 is 1.87 bits per heavy atom. The van der Waals surface area contributed by atoms with Crippen molar-refractivity contribution in [3.8, 4) is 0 Å². The smallest absolute Gasteiger partial charge is 0.236 e. The van der Waals surface area contributed by atoms with Crippen molar-refractivity contribution >= 4 is 22.5 Å². The first kappa shape index (κ1) is 10.2. The molecule has 0 atom stereocenters. The van der Waals surface area contributed by atoms with Crippen LogP contribution in [0.25, 0.3) is 10.9 Å². The second-order valence-electron chi connectivity index (χ2n) is 2.86. The molecule has 0 aliphatic rings. The Balaban J connectivity index is 2.86. The van der Waals surface area contributed by atoms with Crippen molar-refractivity contribution in [1.82, 2.24) is 9.97 Å². The summed E-state index contributed by atoms with van der Waals surface area (Å²) in [4.78, 5) is 7.26. The summed E-state index contributed by atoms with van der Waals surface area (Å²) < 4.78 is 37.8. The molecule has 0 N–H and O–H groups in total. The van der Waals surface area contributed by atoms with Gasteiger partial charge in [-0.05, 0) is 12.1 Å². The summed E-state index contributed by atoms with van der Waals surface area (Å²) in [5.41, 5.74) is -0.629. The second kappa shape index (κ2) is 3.34. The van der Waals surface area contributed by atoms with Crippen molar-refractivity contribution in [3.63, 3.8) is 0 Å². The molecule has 6 heteroatoms. The fourth-order valence-corrected chi connectivity index (χ4v) is 1.55. The molecule has 0 fully saturated rings. The summed E-state index contributed by atoms with van der Waals surface area (Å²) in [6, 6.07) is 3.70. The van der Waals surface area contributed by atoms with E-state index in [1.54, 1.807) is 0 Å². The highest BCUT2D eigenvalue weighted by molar-refractivity contribution is 6.34. The van der Waals surface area contributed by atoms with E-state index >= 15 is 0 Å². The van der Waals surface area contributed by atoms with Gasteiger partial charge < -0.3 is 0 Å². The maximum absolute atomic E-state index is 12.6. The van der Waals surface area contributed by atoms with Gasteiger partial charge in [0.2, 0.25) is 0 Å². The predicted octanol–water partition coefficient (Wildman–Crippen LogP) is 3.30. The van der Waals surface area contributed by atoms with Crippen molar-refractivity contribution in [3.05, 3.63) is 35.2 Å². The summed E-state index contributed by atoms with van der Waals surface area (Å²) in [6.07, 6.45) is -3.32. The van der Waals surface area contributed by atoms with Crippen molar-refractivity contribution in [2.75, 3.05) is 0 Å². The molecule has 78 valence electrons.